The molecule has 0 spiro atoms. The third-order valence-corrected chi connectivity index (χ3v) is 2.27. The maximum atomic E-state index is 9.60. The van der Waals surface area contributed by atoms with Crippen molar-refractivity contribution >= 4 is 0 Å². The highest BCUT2D eigenvalue weighted by Gasteiger charge is 2.03. The molecule has 1 aromatic heterocycles. The smallest absolute Gasteiger partial charge is 0.233 e. The van der Waals surface area contributed by atoms with Gasteiger partial charge in [-0.3, -0.25) is 0 Å². The van der Waals surface area contributed by atoms with Gasteiger partial charge in [0.05, 0.1) is 12.8 Å². The molecule has 4 nitrogen and oxygen atoms in total. The number of rotatable bonds is 3. The fourth-order valence-corrected chi connectivity index (χ4v) is 1.41. The molecular formula is C12H12N2O2. The van der Waals surface area contributed by atoms with Crippen LogP contribution in [0.1, 0.15) is 11.3 Å². The van der Waals surface area contributed by atoms with Crippen molar-refractivity contribution in [2.45, 2.75) is 6.42 Å². The third kappa shape index (κ3) is 2.28. The van der Waals surface area contributed by atoms with Crippen molar-refractivity contribution in [3.8, 4) is 11.6 Å². The van der Waals surface area contributed by atoms with Crippen LogP contribution < -0.4 is 4.74 Å². The van der Waals surface area contributed by atoms with Gasteiger partial charge in [-0.1, -0.05) is 18.2 Å². The van der Waals surface area contributed by atoms with Crippen molar-refractivity contribution in [1.82, 2.24) is 10.2 Å². The summed E-state index contributed by atoms with van der Waals surface area (Å²) in [4.78, 5) is 0. The first kappa shape index (κ1) is 10.4. The first-order valence-electron chi connectivity index (χ1n) is 4.93. The molecule has 0 saturated carbocycles. The molecule has 1 aromatic carbocycles. The molecule has 0 unspecified atom stereocenters. The lowest BCUT2D eigenvalue weighted by Gasteiger charge is -2.03. The quantitative estimate of drug-likeness (QED) is 0.849. The summed E-state index contributed by atoms with van der Waals surface area (Å²) in [6.07, 6.45) is 0.559. The Morgan fingerprint density at radius 1 is 1.12 bits per heavy atom. The second kappa shape index (κ2) is 4.61. The number of aromatic hydroxyl groups is 1. The van der Waals surface area contributed by atoms with Crippen LogP contribution in [0.15, 0.2) is 36.4 Å². The van der Waals surface area contributed by atoms with Crippen LogP contribution in [-0.2, 0) is 6.42 Å². The monoisotopic (exact) mass is 216 g/mol. The van der Waals surface area contributed by atoms with Gasteiger partial charge in [-0.25, -0.2) is 0 Å². The zero-order chi connectivity index (χ0) is 11.4. The number of para-hydroxylation sites is 1. The summed E-state index contributed by atoms with van der Waals surface area (Å²) >= 11 is 0. The minimum atomic E-state index is 0.278. The normalized spacial score (nSPS) is 10.1. The van der Waals surface area contributed by atoms with E-state index in [4.69, 9.17) is 4.74 Å². The van der Waals surface area contributed by atoms with Crippen LogP contribution >= 0.6 is 0 Å². The summed E-state index contributed by atoms with van der Waals surface area (Å²) in [6, 6.07) is 10.8. The molecule has 1 heterocycles. The molecule has 16 heavy (non-hydrogen) atoms. The molecule has 0 amide bonds. The molecule has 2 rings (SSSR count). The Morgan fingerprint density at radius 2 is 1.94 bits per heavy atom. The van der Waals surface area contributed by atoms with Gasteiger partial charge < -0.3 is 9.84 Å². The second-order valence-corrected chi connectivity index (χ2v) is 3.37. The average Bonchev–Trinajstić information content (AvgIpc) is 2.33. The molecular weight excluding hydrogens is 204 g/mol. The van der Waals surface area contributed by atoms with Crippen molar-refractivity contribution in [3.05, 3.63) is 47.7 Å². The van der Waals surface area contributed by atoms with E-state index >= 15 is 0 Å². The zero-order valence-electron chi connectivity index (χ0n) is 8.92. The Kier molecular flexibility index (Phi) is 3.00. The molecule has 0 aliphatic carbocycles. The maximum absolute atomic E-state index is 9.60. The molecule has 82 valence electrons. The van der Waals surface area contributed by atoms with Gasteiger partial charge in [-0.15, -0.1) is 5.10 Å². The van der Waals surface area contributed by atoms with E-state index in [2.05, 4.69) is 10.2 Å². The van der Waals surface area contributed by atoms with E-state index in [9.17, 15) is 5.11 Å². The highest BCUT2D eigenvalue weighted by atomic mass is 16.5. The van der Waals surface area contributed by atoms with E-state index in [0.717, 1.165) is 11.3 Å². The summed E-state index contributed by atoms with van der Waals surface area (Å²) in [5, 5.41) is 17.5. The minimum absolute atomic E-state index is 0.278. The van der Waals surface area contributed by atoms with E-state index in [0.29, 0.717) is 12.3 Å². The van der Waals surface area contributed by atoms with Crippen LogP contribution in [0.4, 0.5) is 0 Å². The van der Waals surface area contributed by atoms with Gasteiger partial charge in [0.15, 0.2) is 0 Å². The second-order valence-electron chi connectivity index (χ2n) is 3.37. The Balaban J connectivity index is 2.18. The van der Waals surface area contributed by atoms with E-state index in [1.165, 1.54) is 0 Å². The van der Waals surface area contributed by atoms with E-state index in [-0.39, 0.29) is 5.75 Å². The van der Waals surface area contributed by atoms with Crippen LogP contribution in [0.3, 0.4) is 0 Å². The Morgan fingerprint density at radius 3 is 2.56 bits per heavy atom. The number of phenolic OH excluding ortho intramolecular Hbond substituents is 1. The van der Waals surface area contributed by atoms with Crippen molar-refractivity contribution < 1.29 is 9.84 Å². The van der Waals surface area contributed by atoms with Gasteiger partial charge in [0.2, 0.25) is 5.88 Å². The number of phenols is 1. The summed E-state index contributed by atoms with van der Waals surface area (Å²) in [7, 11) is 1.55. The molecule has 0 aliphatic heterocycles. The predicted molar refractivity (Wildman–Crippen MR) is 59.5 cm³/mol. The lowest BCUT2D eigenvalue weighted by molar-refractivity contribution is 0.391. The molecule has 0 saturated heterocycles. The van der Waals surface area contributed by atoms with E-state index in [1.807, 2.05) is 18.2 Å². The minimum Gasteiger partial charge on any atom is -0.508 e. The molecule has 0 bridgehead atoms. The van der Waals surface area contributed by atoms with Gasteiger partial charge in [0.25, 0.3) is 0 Å². The maximum Gasteiger partial charge on any atom is 0.233 e. The van der Waals surface area contributed by atoms with Crippen LogP contribution in [0, 0.1) is 0 Å². The molecule has 1 N–H and O–H groups in total. The van der Waals surface area contributed by atoms with Gasteiger partial charge >= 0.3 is 0 Å². The van der Waals surface area contributed by atoms with Crippen molar-refractivity contribution in [2.24, 2.45) is 0 Å². The molecule has 2 aromatic rings. The molecule has 4 heteroatoms. The van der Waals surface area contributed by atoms with Crippen LogP contribution in [0.25, 0.3) is 0 Å². The van der Waals surface area contributed by atoms with Crippen LogP contribution in [0.5, 0.6) is 11.6 Å². The first-order valence-corrected chi connectivity index (χ1v) is 4.93. The molecule has 0 aliphatic rings. The molecule has 0 fully saturated rings. The lowest BCUT2D eigenvalue weighted by atomic mass is 10.1. The average molecular weight is 216 g/mol. The topological polar surface area (TPSA) is 55.2 Å². The van der Waals surface area contributed by atoms with E-state index < -0.39 is 0 Å². The third-order valence-electron chi connectivity index (χ3n) is 2.27. The van der Waals surface area contributed by atoms with Gasteiger partial charge in [-0.2, -0.15) is 5.10 Å². The number of benzene rings is 1. The standard InChI is InChI=1S/C12H12N2O2/c1-16-12-7-6-10(13-14-12)8-9-4-2-3-5-11(9)15/h2-7,15H,8H2,1H3. The SMILES string of the molecule is COc1ccc(Cc2ccccc2O)nn1. The zero-order valence-corrected chi connectivity index (χ0v) is 8.92. The van der Waals surface area contributed by atoms with Crippen molar-refractivity contribution in [2.75, 3.05) is 7.11 Å². The highest BCUT2D eigenvalue weighted by Crippen LogP contribution is 2.18. The Labute approximate surface area is 93.5 Å². The summed E-state index contributed by atoms with van der Waals surface area (Å²) in [5.74, 6) is 0.765. The molecule has 0 radical (unpaired) electrons. The van der Waals surface area contributed by atoms with Crippen molar-refractivity contribution in [3.63, 3.8) is 0 Å². The number of methoxy groups -OCH3 is 1. The van der Waals surface area contributed by atoms with Crippen LogP contribution in [0.2, 0.25) is 0 Å². The fraction of sp³-hybridized carbons (Fsp3) is 0.167. The van der Waals surface area contributed by atoms with Gasteiger partial charge in [0.1, 0.15) is 5.75 Å². The summed E-state index contributed by atoms with van der Waals surface area (Å²) in [5.41, 5.74) is 1.63. The fourth-order valence-electron chi connectivity index (χ4n) is 1.41. The predicted octanol–water partition coefficient (Wildman–Crippen LogP) is 1.78. The van der Waals surface area contributed by atoms with Crippen LogP contribution in [-0.4, -0.2) is 22.4 Å². The Hall–Kier alpha value is -2.10. The van der Waals surface area contributed by atoms with Gasteiger partial charge in [-0.05, 0) is 17.7 Å². The number of nitrogens with zero attached hydrogens (tertiary/aromatic N) is 2. The number of hydrogen-bond acceptors (Lipinski definition) is 4. The Bertz CT molecular complexity index is 469. The number of ether oxygens (including phenoxy) is 1. The summed E-state index contributed by atoms with van der Waals surface area (Å²) < 4.78 is 4.92. The largest absolute Gasteiger partial charge is 0.508 e. The van der Waals surface area contributed by atoms with Crippen molar-refractivity contribution in [1.29, 1.82) is 0 Å². The highest BCUT2D eigenvalue weighted by molar-refractivity contribution is 5.34. The first-order chi connectivity index (χ1) is 7.79. The lowest BCUT2D eigenvalue weighted by Crippen LogP contribution is -1.96. The van der Waals surface area contributed by atoms with E-state index in [1.54, 1.807) is 25.3 Å². The van der Waals surface area contributed by atoms with Gasteiger partial charge in [0, 0.05) is 12.5 Å². The number of aromatic nitrogens is 2. The molecule has 0 atom stereocenters. The summed E-state index contributed by atoms with van der Waals surface area (Å²) in [6.45, 7) is 0. The number of hydrogen-bond donors (Lipinski definition) is 1.